The molecule has 0 spiro atoms. The van der Waals surface area contributed by atoms with Gasteiger partial charge in [0.25, 0.3) is 0 Å². The van der Waals surface area contributed by atoms with E-state index in [-0.39, 0.29) is 23.4 Å². The van der Waals surface area contributed by atoms with E-state index >= 15 is 0 Å². The predicted octanol–water partition coefficient (Wildman–Crippen LogP) is 3.27. The topological polar surface area (TPSA) is 20.3 Å². The summed E-state index contributed by atoms with van der Waals surface area (Å²) in [6.07, 6.45) is 0. The molecule has 0 amide bonds. The smallest absolute Gasteiger partial charge is 0.179 e. The average molecular weight is 255 g/mol. The molecule has 18 heavy (non-hydrogen) atoms. The maximum atomic E-state index is 13.1. The van der Waals surface area contributed by atoms with E-state index in [2.05, 4.69) is 0 Å². The molecule has 1 unspecified atom stereocenters. The predicted molar refractivity (Wildman–Crippen MR) is 67.7 cm³/mol. The third-order valence-electron chi connectivity index (χ3n) is 3.11. The highest BCUT2D eigenvalue weighted by Gasteiger charge is 2.23. The number of carbonyl (C=O) groups excluding carboxylic acids is 1. The second kappa shape index (κ2) is 6.05. The van der Waals surface area contributed by atoms with Gasteiger partial charge in [-0.25, -0.2) is 8.78 Å². The Labute approximate surface area is 107 Å². The van der Waals surface area contributed by atoms with Crippen molar-refractivity contribution in [3.63, 3.8) is 0 Å². The Bertz CT molecular complexity index is 432. The van der Waals surface area contributed by atoms with Crippen LogP contribution in [0.2, 0.25) is 0 Å². The van der Waals surface area contributed by atoms with Crippen molar-refractivity contribution in [2.45, 2.75) is 39.8 Å². The first-order valence-corrected chi connectivity index (χ1v) is 6.13. The van der Waals surface area contributed by atoms with E-state index in [1.54, 1.807) is 6.92 Å². The van der Waals surface area contributed by atoms with Crippen molar-refractivity contribution in [2.75, 3.05) is 6.54 Å². The number of carbonyl (C=O) groups is 1. The van der Waals surface area contributed by atoms with Gasteiger partial charge in [-0.2, -0.15) is 0 Å². The fourth-order valence-corrected chi connectivity index (χ4v) is 2.13. The highest BCUT2D eigenvalue weighted by Crippen LogP contribution is 2.14. The number of ketones is 1. The summed E-state index contributed by atoms with van der Waals surface area (Å²) in [5.41, 5.74) is 0.209. The van der Waals surface area contributed by atoms with Crippen LogP contribution in [-0.4, -0.2) is 29.3 Å². The van der Waals surface area contributed by atoms with Gasteiger partial charge in [-0.15, -0.1) is 0 Å². The monoisotopic (exact) mass is 255 g/mol. The van der Waals surface area contributed by atoms with Crippen molar-refractivity contribution in [3.05, 3.63) is 35.4 Å². The molecule has 1 aromatic carbocycles. The second-order valence-corrected chi connectivity index (χ2v) is 4.59. The number of nitrogens with zero attached hydrogens (tertiary/aromatic N) is 1. The van der Waals surface area contributed by atoms with Gasteiger partial charge in [-0.1, -0.05) is 6.92 Å². The van der Waals surface area contributed by atoms with Crippen LogP contribution < -0.4 is 0 Å². The molecule has 1 rings (SSSR count). The lowest BCUT2D eigenvalue weighted by atomic mass is 10.0. The zero-order valence-corrected chi connectivity index (χ0v) is 11.2. The first-order valence-electron chi connectivity index (χ1n) is 6.13. The maximum absolute atomic E-state index is 13.1. The minimum atomic E-state index is -0.986. The molecule has 2 nitrogen and oxygen atoms in total. The van der Waals surface area contributed by atoms with E-state index in [4.69, 9.17) is 0 Å². The summed E-state index contributed by atoms with van der Waals surface area (Å²) in [5.74, 6) is -2.11. The number of rotatable bonds is 5. The third-order valence-corrected chi connectivity index (χ3v) is 3.11. The molecule has 100 valence electrons. The van der Waals surface area contributed by atoms with Gasteiger partial charge in [-0.3, -0.25) is 9.69 Å². The van der Waals surface area contributed by atoms with Crippen molar-refractivity contribution < 1.29 is 13.6 Å². The maximum Gasteiger partial charge on any atom is 0.179 e. The molecule has 0 aliphatic carbocycles. The number of hydrogen-bond donors (Lipinski definition) is 0. The van der Waals surface area contributed by atoms with Crippen LogP contribution in [0.15, 0.2) is 18.2 Å². The lowest BCUT2D eigenvalue weighted by molar-refractivity contribution is 0.0799. The standard InChI is InChI=1S/C14H19F2NO/c1-5-17(9(2)3)10(4)14(18)11-6-7-12(15)13(16)8-11/h6-10H,5H2,1-4H3. The highest BCUT2D eigenvalue weighted by atomic mass is 19.2. The first kappa shape index (κ1) is 14.8. The van der Waals surface area contributed by atoms with Gasteiger partial charge < -0.3 is 0 Å². The van der Waals surface area contributed by atoms with Crippen molar-refractivity contribution in [1.29, 1.82) is 0 Å². The summed E-state index contributed by atoms with van der Waals surface area (Å²) < 4.78 is 25.9. The Morgan fingerprint density at radius 2 is 1.83 bits per heavy atom. The molecule has 1 aromatic rings. The molecule has 0 heterocycles. The third kappa shape index (κ3) is 3.13. The van der Waals surface area contributed by atoms with E-state index in [0.717, 1.165) is 18.7 Å². The van der Waals surface area contributed by atoms with E-state index in [9.17, 15) is 13.6 Å². The SMILES string of the molecule is CCN(C(C)C)C(C)C(=O)c1ccc(F)c(F)c1. The summed E-state index contributed by atoms with van der Waals surface area (Å²) in [6.45, 7) is 8.48. The molecule has 0 saturated carbocycles. The molecule has 0 aromatic heterocycles. The first-order chi connectivity index (χ1) is 8.38. The van der Waals surface area contributed by atoms with Crippen molar-refractivity contribution in [1.82, 2.24) is 4.90 Å². The average Bonchev–Trinajstić information content (AvgIpc) is 2.32. The Balaban J connectivity index is 2.95. The van der Waals surface area contributed by atoms with Gasteiger partial charge in [0.15, 0.2) is 17.4 Å². The summed E-state index contributed by atoms with van der Waals surface area (Å²) in [7, 11) is 0. The van der Waals surface area contributed by atoms with E-state index < -0.39 is 11.6 Å². The summed E-state index contributed by atoms with van der Waals surface area (Å²) >= 11 is 0. The molecule has 0 bridgehead atoms. The Morgan fingerprint density at radius 3 is 2.28 bits per heavy atom. The Hall–Kier alpha value is -1.29. The normalized spacial score (nSPS) is 13.1. The molecule has 0 radical (unpaired) electrons. The number of halogens is 2. The van der Waals surface area contributed by atoms with E-state index in [1.165, 1.54) is 6.07 Å². The van der Waals surface area contributed by atoms with Crippen molar-refractivity contribution in [3.8, 4) is 0 Å². The van der Waals surface area contributed by atoms with E-state index in [0.29, 0.717) is 0 Å². The molecule has 0 aliphatic heterocycles. The molecular formula is C14H19F2NO. The van der Waals surface area contributed by atoms with Crippen LogP contribution in [0.3, 0.4) is 0 Å². The van der Waals surface area contributed by atoms with Crippen molar-refractivity contribution in [2.24, 2.45) is 0 Å². The lowest BCUT2D eigenvalue weighted by Gasteiger charge is -2.30. The van der Waals surface area contributed by atoms with Crippen LogP contribution in [0.25, 0.3) is 0 Å². The summed E-state index contributed by atoms with van der Waals surface area (Å²) in [4.78, 5) is 14.2. The Morgan fingerprint density at radius 1 is 1.22 bits per heavy atom. The zero-order chi connectivity index (χ0) is 13.9. The minimum absolute atomic E-state index is 0.190. The van der Waals surface area contributed by atoms with E-state index in [1.807, 2.05) is 25.7 Å². The van der Waals surface area contributed by atoms with Crippen LogP contribution in [0.5, 0.6) is 0 Å². The number of likely N-dealkylation sites (N-methyl/N-ethyl adjacent to an activating group) is 1. The van der Waals surface area contributed by atoms with Gasteiger partial charge in [0, 0.05) is 11.6 Å². The molecule has 0 saturated heterocycles. The zero-order valence-electron chi connectivity index (χ0n) is 11.2. The number of hydrogen-bond acceptors (Lipinski definition) is 2. The van der Waals surface area contributed by atoms with Gasteiger partial charge in [-0.05, 0) is 45.5 Å². The van der Waals surface area contributed by atoms with Crippen LogP contribution in [0.1, 0.15) is 38.1 Å². The Kier molecular flexibility index (Phi) is 4.96. The molecule has 0 N–H and O–H groups in total. The summed E-state index contributed by atoms with van der Waals surface area (Å²) in [5, 5.41) is 0. The molecule has 1 atom stereocenters. The fraction of sp³-hybridized carbons (Fsp3) is 0.500. The quantitative estimate of drug-likeness (QED) is 0.753. The van der Waals surface area contributed by atoms with Gasteiger partial charge in [0.2, 0.25) is 0 Å². The lowest BCUT2D eigenvalue weighted by Crippen LogP contribution is -2.43. The summed E-state index contributed by atoms with van der Waals surface area (Å²) in [6, 6.07) is 3.15. The molecule has 0 fully saturated rings. The van der Waals surface area contributed by atoms with Gasteiger partial charge in [0.05, 0.1) is 6.04 Å². The number of Topliss-reactive ketones (excluding diaryl/α,β-unsaturated/α-hetero) is 1. The van der Waals surface area contributed by atoms with Gasteiger partial charge in [0.1, 0.15) is 0 Å². The highest BCUT2D eigenvalue weighted by molar-refractivity contribution is 5.99. The fourth-order valence-electron chi connectivity index (χ4n) is 2.13. The second-order valence-electron chi connectivity index (χ2n) is 4.59. The largest absolute Gasteiger partial charge is 0.292 e. The number of benzene rings is 1. The van der Waals surface area contributed by atoms with Crippen molar-refractivity contribution >= 4 is 5.78 Å². The van der Waals surface area contributed by atoms with Crippen LogP contribution >= 0.6 is 0 Å². The van der Waals surface area contributed by atoms with Crippen LogP contribution in [-0.2, 0) is 0 Å². The molecular weight excluding hydrogens is 236 g/mol. The van der Waals surface area contributed by atoms with Crippen LogP contribution in [0, 0.1) is 11.6 Å². The van der Waals surface area contributed by atoms with Crippen LogP contribution in [0.4, 0.5) is 8.78 Å². The van der Waals surface area contributed by atoms with Gasteiger partial charge >= 0.3 is 0 Å². The minimum Gasteiger partial charge on any atom is -0.292 e. The molecule has 0 aliphatic rings. The molecule has 4 heteroatoms.